The highest BCUT2D eigenvalue weighted by atomic mass is 16.3. The van der Waals surface area contributed by atoms with Crippen molar-refractivity contribution in [3.63, 3.8) is 0 Å². The summed E-state index contributed by atoms with van der Waals surface area (Å²) >= 11 is 0. The molecule has 22 heavy (non-hydrogen) atoms. The molecule has 0 spiro atoms. The van der Waals surface area contributed by atoms with Crippen molar-refractivity contribution in [1.82, 2.24) is 0 Å². The van der Waals surface area contributed by atoms with Gasteiger partial charge in [0.2, 0.25) is 0 Å². The summed E-state index contributed by atoms with van der Waals surface area (Å²) in [4.78, 5) is 0. The first-order valence-corrected chi connectivity index (χ1v) is 7.69. The number of rotatable bonds is 1. The van der Waals surface area contributed by atoms with Gasteiger partial charge in [-0.3, -0.25) is 0 Å². The fraction of sp³-hybridized carbons (Fsp3) is 0.400. The zero-order valence-electron chi connectivity index (χ0n) is 14.4. The zero-order chi connectivity index (χ0) is 16.7. The lowest BCUT2D eigenvalue weighted by molar-refractivity contribution is 0.385. The van der Waals surface area contributed by atoms with Crippen LogP contribution in [0.3, 0.4) is 0 Å². The summed E-state index contributed by atoms with van der Waals surface area (Å²) in [7, 11) is 0. The van der Waals surface area contributed by atoms with E-state index in [0.29, 0.717) is 5.56 Å². The third-order valence-electron chi connectivity index (χ3n) is 3.92. The molecule has 2 aromatic rings. The second kappa shape index (κ2) is 5.35. The molecule has 0 aliphatic rings. The van der Waals surface area contributed by atoms with E-state index >= 15 is 0 Å². The minimum Gasteiger partial charge on any atom is -0.504 e. The quantitative estimate of drug-likeness (QED) is 0.696. The van der Waals surface area contributed by atoms with Gasteiger partial charge in [-0.1, -0.05) is 71.9 Å². The van der Waals surface area contributed by atoms with Crippen molar-refractivity contribution in [3.05, 3.63) is 47.5 Å². The van der Waals surface area contributed by atoms with Gasteiger partial charge in [-0.2, -0.15) is 0 Å². The molecular formula is C20H26O2. The Morgan fingerprint density at radius 2 is 1.27 bits per heavy atom. The van der Waals surface area contributed by atoms with E-state index in [1.165, 1.54) is 0 Å². The summed E-state index contributed by atoms with van der Waals surface area (Å²) in [6.07, 6.45) is 0. The number of phenols is 2. The molecule has 2 aromatic carbocycles. The summed E-state index contributed by atoms with van der Waals surface area (Å²) in [5.74, 6) is -0.0390. The molecule has 0 saturated carbocycles. The van der Waals surface area contributed by atoms with Crippen LogP contribution in [0.2, 0.25) is 0 Å². The third kappa shape index (κ3) is 2.96. The van der Waals surface area contributed by atoms with Crippen LogP contribution in [0.25, 0.3) is 11.1 Å². The van der Waals surface area contributed by atoms with Crippen molar-refractivity contribution in [1.29, 1.82) is 0 Å². The second-order valence-corrected chi connectivity index (χ2v) is 7.91. The van der Waals surface area contributed by atoms with Gasteiger partial charge in [-0.05, 0) is 28.0 Å². The van der Waals surface area contributed by atoms with Gasteiger partial charge in [0, 0.05) is 11.1 Å². The zero-order valence-corrected chi connectivity index (χ0v) is 14.4. The van der Waals surface area contributed by atoms with Gasteiger partial charge in [-0.25, -0.2) is 0 Å². The Hall–Kier alpha value is -1.96. The highest BCUT2D eigenvalue weighted by Gasteiger charge is 2.31. The molecule has 0 aliphatic heterocycles. The topological polar surface area (TPSA) is 40.5 Å². The number of hydrogen-bond acceptors (Lipinski definition) is 2. The highest BCUT2D eigenvalue weighted by molar-refractivity contribution is 5.76. The number of phenolic OH excluding ortho intramolecular Hbond substituents is 2. The minimum atomic E-state index is -0.251. The Labute approximate surface area is 133 Å². The Balaban J connectivity index is 2.84. The average molecular weight is 298 g/mol. The molecule has 0 saturated heterocycles. The van der Waals surface area contributed by atoms with E-state index in [4.69, 9.17) is 0 Å². The first-order chi connectivity index (χ1) is 10.0. The molecule has 2 heteroatoms. The predicted molar refractivity (Wildman–Crippen MR) is 92.6 cm³/mol. The van der Waals surface area contributed by atoms with Crippen LogP contribution in [0.15, 0.2) is 36.4 Å². The molecule has 0 amide bonds. The minimum absolute atomic E-state index is 0.00113. The van der Waals surface area contributed by atoms with Gasteiger partial charge < -0.3 is 10.2 Å². The first-order valence-electron chi connectivity index (χ1n) is 7.69. The summed E-state index contributed by atoms with van der Waals surface area (Å²) in [6.45, 7) is 12.5. The maximum Gasteiger partial charge on any atom is 0.165 e. The van der Waals surface area contributed by atoms with Gasteiger partial charge in [0.05, 0.1) is 0 Å². The highest BCUT2D eigenvalue weighted by Crippen LogP contribution is 2.48. The van der Waals surface area contributed by atoms with Gasteiger partial charge in [0.15, 0.2) is 11.5 Å². The van der Waals surface area contributed by atoms with Gasteiger partial charge in [-0.15, -0.1) is 0 Å². The van der Waals surface area contributed by atoms with Crippen molar-refractivity contribution >= 4 is 0 Å². The summed E-state index contributed by atoms with van der Waals surface area (Å²) in [5, 5.41) is 21.2. The van der Waals surface area contributed by atoms with E-state index in [9.17, 15) is 10.2 Å². The van der Waals surface area contributed by atoms with E-state index in [-0.39, 0.29) is 22.3 Å². The Morgan fingerprint density at radius 3 is 1.73 bits per heavy atom. The molecule has 2 N–H and O–H groups in total. The van der Waals surface area contributed by atoms with Crippen LogP contribution in [0.5, 0.6) is 11.5 Å². The molecule has 0 atom stereocenters. The van der Waals surface area contributed by atoms with Crippen molar-refractivity contribution in [2.24, 2.45) is 0 Å². The van der Waals surface area contributed by atoms with Crippen LogP contribution in [0, 0.1) is 0 Å². The molecule has 118 valence electrons. The van der Waals surface area contributed by atoms with Crippen molar-refractivity contribution in [2.45, 2.75) is 52.4 Å². The molecule has 0 aromatic heterocycles. The molecule has 2 nitrogen and oxygen atoms in total. The van der Waals surface area contributed by atoms with Crippen LogP contribution in [-0.4, -0.2) is 10.2 Å². The monoisotopic (exact) mass is 298 g/mol. The van der Waals surface area contributed by atoms with Crippen LogP contribution >= 0.6 is 0 Å². The van der Waals surface area contributed by atoms with E-state index in [2.05, 4.69) is 41.5 Å². The standard InChI is InChI=1S/C20H26O2/c1-19(2,3)15-12-14(13-10-8-7-9-11-13)17(21)18(22)16(15)20(4,5)6/h7-12,21-22H,1-6H3. The molecule has 0 heterocycles. The summed E-state index contributed by atoms with van der Waals surface area (Å²) in [5.41, 5.74) is 3.08. The lowest BCUT2D eigenvalue weighted by Crippen LogP contribution is -2.22. The first kappa shape index (κ1) is 16.4. The Bertz CT molecular complexity index is 672. The largest absolute Gasteiger partial charge is 0.504 e. The fourth-order valence-corrected chi connectivity index (χ4v) is 2.85. The van der Waals surface area contributed by atoms with Crippen LogP contribution in [0.1, 0.15) is 52.7 Å². The molecule has 0 bridgehead atoms. The molecular weight excluding hydrogens is 272 g/mol. The summed E-state index contributed by atoms with van der Waals surface area (Å²) in [6, 6.07) is 11.7. The lowest BCUT2D eigenvalue weighted by Gasteiger charge is -2.32. The molecule has 2 rings (SSSR count). The normalized spacial score (nSPS) is 12.5. The fourth-order valence-electron chi connectivity index (χ4n) is 2.85. The van der Waals surface area contributed by atoms with E-state index < -0.39 is 0 Å². The molecule has 0 aliphatic carbocycles. The van der Waals surface area contributed by atoms with E-state index in [1.807, 2.05) is 36.4 Å². The SMILES string of the molecule is CC(C)(C)c1cc(-c2ccccc2)c(O)c(O)c1C(C)(C)C. The Morgan fingerprint density at radius 1 is 0.727 bits per heavy atom. The van der Waals surface area contributed by atoms with Crippen LogP contribution in [-0.2, 0) is 10.8 Å². The third-order valence-corrected chi connectivity index (χ3v) is 3.92. The maximum absolute atomic E-state index is 10.7. The Kier molecular flexibility index (Phi) is 3.99. The number of benzene rings is 2. The van der Waals surface area contributed by atoms with Gasteiger partial charge in [0.1, 0.15) is 0 Å². The van der Waals surface area contributed by atoms with Crippen molar-refractivity contribution in [2.75, 3.05) is 0 Å². The van der Waals surface area contributed by atoms with Gasteiger partial charge in [0.25, 0.3) is 0 Å². The van der Waals surface area contributed by atoms with Crippen LogP contribution in [0.4, 0.5) is 0 Å². The molecule has 0 radical (unpaired) electrons. The second-order valence-electron chi connectivity index (χ2n) is 7.91. The smallest absolute Gasteiger partial charge is 0.165 e. The lowest BCUT2D eigenvalue weighted by atomic mass is 9.73. The summed E-state index contributed by atoms with van der Waals surface area (Å²) < 4.78 is 0. The average Bonchev–Trinajstić information content (AvgIpc) is 2.39. The number of aromatic hydroxyl groups is 2. The van der Waals surface area contributed by atoms with Crippen molar-refractivity contribution in [3.8, 4) is 22.6 Å². The number of hydrogen-bond donors (Lipinski definition) is 2. The van der Waals surface area contributed by atoms with E-state index in [1.54, 1.807) is 0 Å². The van der Waals surface area contributed by atoms with E-state index in [0.717, 1.165) is 16.7 Å². The predicted octanol–water partition coefficient (Wildman–Crippen LogP) is 5.36. The van der Waals surface area contributed by atoms with Gasteiger partial charge >= 0.3 is 0 Å². The molecule has 0 unspecified atom stereocenters. The maximum atomic E-state index is 10.7. The van der Waals surface area contributed by atoms with Crippen molar-refractivity contribution < 1.29 is 10.2 Å². The van der Waals surface area contributed by atoms with Crippen LogP contribution < -0.4 is 0 Å². The molecule has 0 fully saturated rings.